The average molecular weight is 332 g/mol. The number of nitrogens with zero attached hydrogens (tertiary/aromatic N) is 3. The minimum Gasteiger partial charge on any atom is -0.300 e. The quantitative estimate of drug-likeness (QED) is 0.709. The van der Waals surface area contributed by atoms with Crippen LogP contribution >= 0.6 is 0 Å². The van der Waals surface area contributed by atoms with E-state index in [1.807, 2.05) is 0 Å². The molecule has 0 aliphatic carbocycles. The smallest absolute Gasteiger partial charge is 0.0652 e. The molecule has 0 N–H and O–H groups in total. The van der Waals surface area contributed by atoms with Gasteiger partial charge in [0.15, 0.2) is 0 Å². The molecule has 1 aromatic rings. The van der Waals surface area contributed by atoms with Crippen molar-refractivity contribution >= 4 is 0 Å². The second kappa shape index (κ2) is 7.19. The van der Waals surface area contributed by atoms with Gasteiger partial charge in [0.2, 0.25) is 0 Å². The minimum atomic E-state index is 0.543. The summed E-state index contributed by atoms with van der Waals surface area (Å²) in [7, 11) is 0. The summed E-state index contributed by atoms with van der Waals surface area (Å²) in [5, 5.41) is 4.80. The van der Waals surface area contributed by atoms with Crippen LogP contribution in [0.25, 0.3) is 0 Å². The number of hydrogen-bond donors (Lipinski definition) is 0. The van der Waals surface area contributed by atoms with Crippen molar-refractivity contribution < 1.29 is 0 Å². The van der Waals surface area contributed by atoms with E-state index in [-0.39, 0.29) is 0 Å². The third kappa shape index (κ3) is 3.56. The van der Waals surface area contributed by atoms with E-state index in [1.54, 1.807) is 0 Å². The van der Waals surface area contributed by atoms with Crippen molar-refractivity contribution in [2.24, 2.45) is 17.8 Å². The van der Waals surface area contributed by atoms with Gasteiger partial charge in [-0.3, -0.25) is 4.68 Å². The maximum atomic E-state index is 4.80. The second-order valence-electron chi connectivity index (χ2n) is 9.11. The maximum Gasteiger partial charge on any atom is 0.0652 e. The molecular formula is C21H37N3. The van der Waals surface area contributed by atoms with Crippen LogP contribution in [0.1, 0.15) is 84.0 Å². The lowest BCUT2D eigenvalue weighted by Crippen LogP contribution is -2.52. The lowest BCUT2D eigenvalue weighted by atomic mass is 9.79. The van der Waals surface area contributed by atoms with Gasteiger partial charge >= 0.3 is 0 Å². The summed E-state index contributed by atoms with van der Waals surface area (Å²) >= 11 is 0. The average Bonchev–Trinajstić information content (AvgIpc) is 3.02. The van der Waals surface area contributed by atoms with Gasteiger partial charge in [-0.05, 0) is 56.4 Å². The van der Waals surface area contributed by atoms with Gasteiger partial charge in [-0.2, -0.15) is 5.10 Å². The molecule has 1 saturated heterocycles. The molecule has 3 heterocycles. The van der Waals surface area contributed by atoms with Crippen LogP contribution in [0, 0.1) is 17.8 Å². The zero-order valence-electron chi connectivity index (χ0n) is 16.6. The van der Waals surface area contributed by atoms with Crippen LogP contribution in [0.3, 0.4) is 0 Å². The molecule has 2 aliphatic rings. The van der Waals surface area contributed by atoms with Gasteiger partial charge in [0.05, 0.1) is 5.69 Å². The lowest BCUT2D eigenvalue weighted by molar-refractivity contribution is 0.0318. The van der Waals surface area contributed by atoms with Crippen molar-refractivity contribution in [3.8, 4) is 0 Å². The molecule has 0 bridgehead atoms. The van der Waals surface area contributed by atoms with Gasteiger partial charge in [-0.25, -0.2) is 0 Å². The van der Waals surface area contributed by atoms with Crippen LogP contribution in [-0.4, -0.2) is 33.8 Å². The van der Waals surface area contributed by atoms with E-state index in [2.05, 4.69) is 57.2 Å². The van der Waals surface area contributed by atoms with Gasteiger partial charge in [0.1, 0.15) is 0 Å². The Morgan fingerprint density at radius 2 is 1.71 bits per heavy atom. The molecule has 1 fully saturated rings. The van der Waals surface area contributed by atoms with Gasteiger partial charge in [-0.1, -0.05) is 34.1 Å². The van der Waals surface area contributed by atoms with E-state index in [4.69, 9.17) is 5.10 Å². The number of rotatable bonds is 7. The second-order valence-corrected chi connectivity index (χ2v) is 9.11. The molecule has 3 atom stereocenters. The number of aryl methyl sites for hydroxylation is 1. The summed E-state index contributed by atoms with van der Waals surface area (Å²) in [6, 6.07) is 3.11. The normalized spacial score (nSPS) is 24.4. The molecule has 0 spiro atoms. The third-order valence-electron chi connectivity index (χ3n) is 6.69. The SMILES string of the molecule is CC(C)c1cc2n(n1)CCC2C(C)CCC(C)C1CN(C(C)C)C1. The Morgan fingerprint density at radius 3 is 2.33 bits per heavy atom. The first kappa shape index (κ1) is 18.0. The predicted octanol–water partition coefficient (Wildman–Crippen LogP) is 4.89. The Kier molecular flexibility index (Phi) is 5.39. The Morgan fingerprint density at radius 1 is 1.04 bits per heavy atom. The van der Waals surface area contributed by atoms with E-state index < -0.39 is 0 Å². The van der Waals surface area contributed by atoms with Crippen LogP contribution in [0.5, 0.6) is 0 Å². The van der Waals surface area contributed by atoms with Crippen molar-refractivity contribution in [2.75, 3.05) is 13.1 Å². The van der Waals surface area contributed by atoms with E-state index >= 15 is 0 Å². The van der Waals surface area contributed by atoms with Gasteiger partial charge in [-0.15, -0.1) is 0 Å². The van der Waals surface area contributed by atoms with Crippen LogP contribution in [-0.2, 0) is 6.54 Å². The molecule has 136 valence electrons. The van der Waals surface area contributed by atoms with Gasteiger partial charge in [0.25, 0.3) is 0 Å². The highest BCUT2D eigenvalue weighted by molar-refractivity contribution is 5.20. The summed E-state index contributed by atoms with van der Waals surface area (Å²) in [6.45, 7) is 17.8. The number of fused-ring (bicyclic) bond motifs is 1. The van der Waals surface area contributed by atoms with Crippen molar-refractivity contribution in [1.29, 1.82) is 0 Å². The van der Waals surface area contributed by atoms with Crippen LogP contribution in [0.2, 0.25) is 0 Å². The van der Waals surface area contributed by atoms with Crippen LogP contribution in [0.15, 0.2) is 6.07 Å². The molecular weight excluding hydrogens is 294 g/mol. The zero-order chi connectivity index (χ0) is 17.4. The first-order valence-electron chi connectivity index (χ1n) is 10.2. The Labute approximate surface area is 148 Å². The molecule has 3 unspecified atom stereocenters. The van der Waals surface area contributed by atoms with Crippen molar-refractivity contribution in [1.82, 2.24) is 14.7 Å². The largest absolute Gasteiger partial charge is 0.300 e. The maximum absolute atomic E-state index is 4.80. The monoisotopic (exact) mass is 331 g/mol. The number of hydrogen-bond acceptors (Lipinski definition) is 2. The summed E-state index contributed by atoms with van der Waals surface area (Å²) in [4.78, 5) is 2.60. The lowest BCUT2D eigenvalue weighted by Gasteiger charge is -2.45. The number of aromatic nitrogens is 2. The highest BCUT2D eigenvalue weighted by Crippen LogP contribution is 2.39. The zero-order valence-corrected chi connectivity index (χ0v) is 16.6. The van der Waals surface area contributed by atoms with Crippen molar-refractivity contribution in [2.45, 2.75) is 85.2 Å². The standard InChI is InChI=1S/C21H37N3/c1-14(2)20-11-21-19(9-10-24(21)22-20)17(6)8-7-16(5)18-12-23(13-18)15(3)4/h11,14-19H,7-10,12-13H2,1-6H3. The molecule has 3 heteroatoms. The fourth-order valence-electron chi connectivity index (χ4n) is 4.49. The van der Waals surface area contributed by atoms with Crippen molar-refractivity contribution in [3.05, 3.63) is 17.5 Å². The molecule has 3 rings (SSSR count). The van der Waals surface area contributed by atoms with E-state index in [9.17, 15) is 0 Å². The number of likely N-dealkylation sites (tertiary alicyclic amines) is 1. The van der Waals surface area contributed by atoms with Crippen LogP contribution in [0.4, 0.5) is 0 Å². The van der Waals surface area contributed by atoms with Crippen molar-refractivity contribution in [3.63, 3.8) is 0 Å². The summed E-state index contributed by atoms with van der Waals surface area (Å²) in [5.74, 6) is 3.86. The Hall–Kier alpha value is -0.830. The van der Waals surface area contributed by atoms with Crippen LogP contribution < -0.4 is 0 Å². The molecule has 0 aromatic carbocycles. The van der Waals surface area contributed by atoms with E-state index in [0.717, 1.165) is 36.3 Å². The first-order valence-corrected chi connectivity index (χ1v) is 10.2. The molecule has 0 saturated carbocycles. The molecule has 24 heavy (non-hydrogen) atoms. The fraction of sp³-hybridized carbons (Fsp3) is 0.857. The highest BCUT2D eigenvalue weighted by Gasteiger charge is 2.34. The predicted molar refractivity (Wildman–Crippen MR) is 101 cm³/mol. The van der Waals surface area contributed by atoms with E-state index in [1.165, 1.54) is 43.7 Å². The highest BCUT2D eigenvalue weighted by atomic mass is 15.3. The molecule has 1 aromatic heterocycles. The topological polar surface area (TPSA) is 21.1 Å². The molecule has 2 aliphatic heterocycles. The summed E-state index contributed by atoms with van der Waals surface area (Å²) in [5.41, 5.74) is 2.78. The van der Waals surface area contributed by atoms with Gasteiger partial charge < -0.3 is 4.90 Å². The minimum absolute atomic E-state index is 0.543. The molecule has 0 radical (unpaired) electrons. The van der Waals surface area contributed by atoms with Gasteiger partial charge in [0, 0.05) is 37.3 Å². The summed E-state index contributed by atoms with van der Waals surface area (Å²) in [6.07, 6.45) is 4.05. The summed E-state index contributed by atoms with van der Waals surface area (Å²) < 4.78 is 2.28. The Bertz CT molecular complexity index is 539. The molecule has 0 amide bonds. The van der Waals surface area contributed by atoms with E-state index in [0.29, 0.717) is 5.92 Å². The fourth-order valence-corrected chi connectivity index (χ4v) is 4.49. The third-order valence-corrected chi connectivity index (χ3v) is 6.69. The first-order chi connectivity index (χ1) is 11.4. The Balaban J connectivity index is 1.49. The molecule has 3 nitrogen and oxygen atoms in total.